The Morgan fingerprint density at radius 1 is 0.750 bits per heavy atom. The molecule has 2 nitrogen and oxygen atoms in total. The lowest BCUT2D eigenvalue weighted by atomic mass is 10.3. The van der Waals surface area contributed by atoms with Crippen LogP contribution in [0.1, 0.15) is 0 Å². The molecule has 0 aliphatic rings. The smallest absolute Gasteiger partial charge is 0.128 e. The Hall–Kier alpha value is -0.860. The van der Waals surface area contributed by atoms with E-state index in [-0.39, 0.29) is 0 Å². The van der Waals surface area contributed by atoms with Crippen molar-refractivity contribution in [1.29, 1.82) is 0 Å². The molecule has 0 unspecified atom stereocenters. The van der Waals surface area contributed by atoms with E-state index in [9.17, 15) is 0 Å². The van der Waals surface area contributed by atoms with Gasteiger partial charge in [0.05, 0.1) is 0 Å². The van der Waals surface area contributed by atoms with Crippen LogP contribution in [-0.4, -0.2) is 0 Å². The molecule has 0 saturated carbocycles. The molecule has 1 rings (SSSR count). The highest BCUT2D eigenvalue weighted by Gasteiger charge is 1.87. The van der Waals surface area contributed by atoms with Gasteiger partial charge in [0.2, 0.25) is 0 Å². The van der Waals surface area contributed by atoms with E-state index in [0.717, 1.165) is 11.4 Å². The first-order valence-electron chi connectivity index (χ1n) is 2.53. The Bertz CT molecular complexity index is 145. The quantitative estimate of drug-likeness (QED) is 0.449. The van der Waals surface area contributed by atoms with E-state index in [0.29, 0.717) is 0 Å². The maximum Gasteiger partial charge on any atom is 0.128 e. The van der Waals surface area contributed by atoms with Crippen LogP contribution in [0, 0.1) is 0 Å². The summed E-state index contributed by atoms with van der Waals surface area (Å²) in [6.45, 7) is 0. The van der Waals surface area contributed by atoms with Crippen molar-refractivity contribution in [1.82, 2.24) is 0 Å². The fourth-order valence-corrected chi connectivity index (χ4v) is 0.539. The van der Waals surface area contributed by atoms with E-state index in [4.69, 9.17) is 0 Å². The van der Waals surface area contributed by atoms with Gasteiger partial charge in [-0.3, -0.25) is 0 Å². The summed E-state index contributed by atoms with van der Waals surface area (Å²) in [5.74, 6) is 0. The summed E-state index contributed by atoms with van der Waals surface area (Å²) in [5.41, 5.74) is 9.55. The van der Waals surface area contributed by atoms with E-state index >= 15 is 0 Å². The van der Waals surface area contributed by atoms with Crippen LogP contribution in [0.4, 0.5) is 11.4 Å². The first-order valence-corrected chi connectivity index (χ1v) is 2.53. The molecule has 0 heterocycles. The molecule has 0 saturated heterocycles. The second-order valence-electron chi connectivity index (χ2n) is 1.82. The molecular weight excluding hydrogens is 100 g/mol. The van der Waals surface area contributed by atoms with Crippen molar-refractivity contribution >= 4 is 11.4 Å². The predicted molar refractivity (Wildman–Crippen MR) is 31.5 cm³/mol. The molecule has 0 aliphatic heterocycles. The third-order valence-electron chi connectivity index (χ3n) is 1.02. The minimum atomic E-state index is 1.04. The van der Waals surface area contributed by atoms with E-state index < -0.39 is 0 Å². The van der Waals surface area contributed by atoms with Crippen LogP contribution in [-0.2, 0) is 0 Å². The van der Waals surface area contributed by atoms with Gasteiger partial charge in [0.25, 0.3) is 0 Å². The van der Waals surface area contributed by atoms with Crippen LogP contribution in [0.2, 0.25) is 0 Å². The van der Waals surface area contributed by atoms with Gasteiger partial charge < -0.3 is 11.5 Å². The Balaban J connectivity index is 3.03. The molecule has 1 aromatic rings. The van der Waals surface area contributed by atoms with E-state index in [1.807, 2.05) is 24.3 Å². The second-order valence-corrected chi connectivity index (χ2v) is 1.82. The van der Waals surface area contributed by atoms with Crippen molar-refractivity contribution in [2.75, 3.05) is 0 Å². The lowest BCUT2D eigenvalue weighted by Crippen LogP contribution is -2.42. The van der Waals surface area contributed by atoms with Gasteiger partial charge >= 0.3 is 0 Å². The molecule has 0 aliphatic carbocycles. The Labute approximate surface area is 48.1 Å². The maximum atomic E-state index is 3.73. The SMILES string of the molecule is [NH3+]c1ccc([NH3+])cc1. The fraction of sp³-hybridized carbons (Fsp3) is 0. The summed E-state index contributed by atoms with van der Waals surface area (Å²) in [5, 5.41) is 0. The normalized spacial score (nSPS) is 9.25. The number of quaternary nitrogens is 2. The first kappa shape index (κ1) is 5.28. The third-order valence-corrected chi connectivity index (χ3v) is 1.02. The van der Waals surface area contributed by atoms with Crippen LogP contribution < -0.4 is 11.5 Å². The minimum absolute atomic E-state index is 1.04. The first-order chi connectivity index (χ1) is 3.79. The van der Waals surface area contributed by atoms with Gasteiger partial charge in [-0.1, -0.05) is 0 Å². The minimum Gasteiger partial charge on any atom is -0.325 e. The highest BCUT2D eigenvalue weighted by molar-refractivity contribution is 5.37. The van der Waals surface area contributed by atoms with Gasteiger partial charge in [0, 0.05) is 24.3 Å². The van der Waals surface area contributed by atoms with Gasteiger partial charge in [-0.2, -0.15) is 0 Å². The van der Waals surface area contributed by atoms with Crippen LogP contribution in [0.3, 0.4) is 0 Å². The Morgan fingerprint density at radius 2 is 1.00 bits per heavy atom. The summed E-state index contributed by atoms with van der Waals surface area (Å²) in [6, 6.07) is 7.79. The second kappa shape index (κ2) is 1.94. The molecule has 6 N–H and O–H groups in total. The Morgan fingerprint density at radius 3 is 1.25 bits per heavy atom. The zero-order chi connectivity index (χ0) is 5.98. The largest absolute Gasteiger partial charge is 0.325 e. The Kier molecular flexibility index (Phi) is 1.28. The standard InChI is InChI=1S/C6H8N2/c7-5-1-2-6(8)4-3-5/h1-4H,7-8H2/p+2. The molecule has 8 heavy (non-hydrogen) atoms. The predicted octanol–water partition coefficient (Wildman–Crippen LogP) is -0.567. The number of hydrogen-bond donors (Lipinski definition) is 2. The maximum absolute atomic E-state index is 3.73. The molecular formula is C6H10N2+2. The molecule has 0 fully saturated rings. The number of hydrogen-bond acceptors (Lipinski definition) is 0. The number of rotatable bonds is 0. The average Bonchev–Trinajstić information content (AvgIpc) is 1.77. The highest BCUT2D eigenvalue weighted by atomic mass is 14.6. The lowest BCUT2D eigenvalue weighted by Gasteiger charge is -1.83. The molecule has 2 heteroatoms. The van der Waals surface area contributed by atoms with Crippen LogP contribution >= 0.6 is 0 Å². The van der Waals surface area contributed by atoms with Crippen molar-refractivity contribution in [2.45, 2.75) is 0 Å². The van der Waals surface area contributed by atoms with Crippen molar-refractivity contribution in [3.05, 3.63) is 24.3 Å². The molecule has 0 atom stereocenters. The molecule has 0 aromatic heterocycles. The molecule has 0 spiro atoms. The molecule has 0 radical (unpaired) electrons. The molecule has 42 valence electrons. The van der Waals surface area contributed by atoms with Gasteiger partial charge in [-0.05, 0) is 0 Å². The van der Waals surface area contributed by atoms with Crippen molar-refractivity contribution in [2.24, 2.45) is 0 Å². The van der Waals surface area contributed by atoms with E-state index in [1.54, 1.807) is 0 Å². The molecule has 0 amide bonds. The summed E-state index contributed by atoms with van der Waals surface area (Å²) in [7, 11) is 0. The van der Waals surface area contributed by atoms with Gasteiger partial charge in [-0.25, -0.2) is 0 Å². The average molecular weight is 110 g/mol. The molecule has 0 bridgehead atoms. The van der Waals surface area contributed by atoms with Crippen molar-refractivity contribution in [3.63, 3.8) is 0 Å². The fourth-order valence-electron chi connectivity index (χ4n) is 0.539. The van der Waals surface area contributed by atoms with Crippen LogP contribution in [0.25, 0.3) is 0 Å². The van der Waals surface area contributed by atoms with Crippen LogP contribution in [0.15, 0.2) is 24.3 Å². The summed E-state index contributed by atoms with van der Waals surface area (Å²) >= 11 is 0. The van der Waals surface area contributed by atoms with Crippen molar-refractivity contribution < 1.29 is 11.5 Å². The summed E-state index contributed by atoms with van der Waals surface area (Å²) < 4.78 is 0. The number of benzene rings is 1. The third kappa shape index (κ3) is 1.05. The highest BCUT2D eigenvalue weighted by Crippen LogP contribution is 2.01. The zero-order valence-corrected chi connectivity index (χ0v) is 4.72. The van der Waals surface area contributed by atoms with Gasteiger partial charge in [-0.15, -0.1) is 0 Å². The summed E-state index contributed by atoms with van der Waals surface area (Å²) in [6.07, 6.45) is 0. The van der Waals surface area contributed by atoms with Gasteiger partial charge in [0.15, 0.2) is 0 Å². The topological polar surface area (TPSA) is 55.3 Å². The van der Waals surface area contributed by atoms with Crippen molar-refractivity contribution in [3.8, 4) is 0 Å². The van der Waals surface area contributed by atoms with Gasteiger partial charge in [0.1, 0.15) is 11.4 Å². The monoisotopic (exact) mass is 110 g/mol. The molecule has 1 aromatic carbocycles. The van der Waals surface area contributed by atoms with E-state index in [1.165, 1.54) is 0 Å². The van der Waals surface area contributed by atoms with Crippen LogP contribution in [0.5, 0.6) is 0 Å². The lowest BCUT2D eigenvalue weighted by molar-refractivity contribution is -0.260. The van der Waals surface area contributed by atoms with E-state index in [2.05, 4.69) is 11.5 Å². The zero-order valence-electron chi connectivity index (χ0n) is 4.72. The summed E-state index contributed by atoms with van der Waals surface area (Å²) in [4.78, 5) is 0.